The van der Waals surface area contributed by atoms with Crippen molar-refractivity contribution in [3.63, 3.8) is 0 Å². The molecule has 0 saturated carbocycles. The van der Waals surface area contributed by atoms with Crippen LogP contribution < -0.4 is 10.2 Å². The van der Waals surface area contributed by atoms with Crippen LogP contribution in [-0.2, 0) is 29.8 Å². The summed E-state index contributed by atoms with van der Waals surface area (Å²) in [6.45, 7) is 0.363. The Morgan fingerprint density at radius 2 is 1.22 bits per heavy atom. The third kappa shape index (κ3) is 4.86. The van der Waals surface area contributed by atoms with Gasteiger partial charge in [0.05, 0.1) is 0 Å². The molecular weight excluding hydrogens is 396 g/mol. The molecule has 4 nitrogen and oxygen atoms in total. The maximum Gasteiger partial charge on any atom is 0.168 e. The van der Waals surface area contributed by atoms with E-state index in [0.717, 1.165) is 23.0 Å². The Kier molecular flexibility index (Phi) is 6.61. The van der Waals surface area contributed by atoms with Crippen molar-refractivity contribution in [3.8, 4) is 5.75 Å². The van der Waals surface area contributed by atoms with Crippen LogP contribution in [0.1, 0.15) is 16.7 Å². The molecule has 0 atom stereocenters. The standard InChI is InChI=1S/C28H26N2O2/c29-27-26(32-21-25-15-8-3-9-16-25)17-10-18-30(27)28(22-31,19-23-11-4-1-5-12-23)20-24-13-6-2-7-14-24/h1-18,22,29H,19-21H2. The van der Waals surface area contributed by atoms with E-state index in [4.69, 9.17) is 10.1 Å². The molecule has 1 aromatic heterocycles. The maximum absolute atomic E-state index is 12.7. The van der Waals surface area contributed by atoms with Crippen molar-refractivity contribution in [1.29, 1.82) is 5.41 Å². The third-order valence-electron chi connectivity index (χ3n) is 5.60. The van der Waals surface area contributed by atoms with E-state index in [1.165, 1.54) is 0 Å². The van der Waals surface area contributed by atoms with Crippen LogP contribution in [0.2, 0.25) is 0 Å². The van der Waals surface area contributed by atoms with Crippen LogP contribution in [0, 0.1) is 5.41 Å². The topological polar surface area (TPSA) is 55.1 Å². The van der Waals surface area contributed by atoms with Gasteiger partial charge in [0, 0.05) is 19.0 Å². The molecule has 0 bridgehead atoms. The number of aldehydes is 1. The molecule has 0 spiro atoms. The lowest BCUT2D eigenvalue weighted by atomic mass is 9.85. The monoisotopic (exact) mass is 422 g/mol. The minimum absolute atomic E-state index is 0.183. The highest BCUT2D eigenvalue weighted by Gasteiger charge is 2.33. The van der Waals surface area contributed by atoms with Gasteiger partial charge in [0.2, 0.25) is 0 Å². The summed E-state index contributed by atoms with van der Waals surface area (Å²) in [6, 6.07) is 33.4. The van der Waals surface area contributed by atoms with Crippen molar-refractivity contribution in [3.05, 3.63) is 132 Å². The smallest absolute Gasteiger partial charge is 0.168 e. The normalized spacial score (nSPS) is 11.1. The molecule has 0 fully saturated rings. The summed E-state index contributed by atoms with van der Waals surface area (Å²) >= 11 is 0. The molecule has 3 aromatic carbocycles. The molecule has 0 radical (unpaired) electrons. The highest BCUT2D eigenvalue weighted by Crippen LogP contribution is 2.25. The van der Waals surface area contributed by atoms with Crippen LogP contribution in [0.4, 0.5) is 0 Å². The van der Waals surface area contributed by atoms with Gasteiger partial charge in [-0.3, -0.25) is 5.41 Å². The van der Waals surface area contributed by atoms with Gasteiger partial charge >= 0.3 is 0 Å². The lowest BCUT2D eigenvalue weighted by Crippen LogP contribution is -2.46. The van der Waals surface area contributed by atoms with E-state index in [2.05, 4.69) is 0 Å². The fraction of sp³-hybridized carbons (Fsp3) is 0.143. The van der Waals surface area contributed by atoms with Crippen molar-refractivity contribution in [2.24, 2.45) is 0 Å². The van der Waals surface area contributed by atoms with E-state index in [0.29, 0.717) is 25.2 Å². The summed E-state index contributed by atoms with van der Waals surface area (Å²) < 4.78 is 7.73. The fourth-order valence-corrected chi connectivity index (χ4v) is 3.98. The Morgan fingerprint density at radius 3 is 1.72 bits per heavy atom. The van der Waals surface area contributed by atoms with Gasteiger partial charge < -0.3 is 14.1 Å². The first kappa shape index (κ1) is 21.3. The SMILES string of the molecule is N=c1c(OCc2ccccc2)cccn1C(C=O)(Cc1ccccc1)Cc1ccccc1. The largest absolute Gasteiger partial charge is 0.485 e. The van der Waals surface area contributed by atoms with E-state index >= 15 is 0 Å². The Labute approximate surface area is 188 Å². The van der Waals surface area contributed by atoms with Crippen molar-refractivity contribution in [2.75, 3.05) is 0 Å². The second kappa shape index (κ2) is 9.92. The predicted octanol–water partition coefficient (Wildman–Crippen LogP) is 4.93. The summed E-state index contributed by atoms with van der Waals surface area (Å²) in [7, 11) is 0. The Bertz CT molecular complexity index is 1160. The number of nitrogens with one attached hydrogen (secondary N) is 1. The summed E-state index contributed by atoms with van der Waals surface area (Å²) in [6.07, 6.45) is 3.74. The molecule has 4 aromatic rings. The zero-order valence-corrected chi connectivity index (χ0v) is 17.9. The Morgan fingerprint density at radius 1 is 0.719 bits per heavy atom. The first-order valence-electron chi connectivity index (χ1n) is 10.7. The molecule has 160 valence electrons. The molecule has 4 heteroatoms. The van der Waals surface area contributed by atoms with Crippen LogP contribution in [0.15, 0.2) is 109 Å². The zero-order chi connectivity index (χ0) is 22.2. The number of carbonyl (C=O) groups is 1. The number of hydrogen-bond acceptors (Lipinski definition) is 3. The molecule has 0 aliphatic heterocycles. The highest BCUT2D eigenvalue weighted by molar-refractivity contribution is 5.64. The molecule has 0 amide bonds. The van der Waals surface area contributed by atoms with Gasteiger partial charge in [-0.25, -0.2) is 0 Å². The van der Waals surface area contributed by atoms with E-state index < -0.39 is 5.54 Å². The van der Waals surface area contributed by atoms with Crippen molar-refractivity contribution >= 4 is 6.29 Å². The molecule has 1 heterocycles. The van der Waals surface area contributed by atoms with E-state index in [9.17, 15) is 4.79 Å². The van der Waals surface area contributed by atoms with Crippen LogP contribution in [0.25, 0.3) is 0 Å². The summed E-state index contributed by atoms with van der Waals surface area (Å²) in [5.41, 5.74) is 2.34. The number of aromatic nitrogens is 1. The third-order valence-corrected chi connectivity index (χ3v) is 5.60. The summed E-state index contributed by atoms with van der Waals surface area (Å²) in [5.74, 6) is 0.448. The Hall–Kier alpha value is -3.92. The first-order valence-corrected chi connectivity index (χ1v) is 10.7. The van der Waals surface area contributed by atoms with Crippen LogP contribution in [0.5, 0.6) is 5.75 Å². The van der Waals surface area contributed by atoms with Crippen LogP contribution in [-0.4, -0.2) is 10.9 Å². The van der Waals surface area contributed by atoms with Gasteiger partial charge in [-0.2, -0.15) is 0 Å². The number of rotatable bonds is 9. The number of hydrogen-bond donors (Lipinski definition) is 1. The molecule has 32 heavy (non-hydrogen) atoms. The van der Waals surface area contributed by atoms with E-state index in [1.54, 1.807) is 16.8 Å². The Balaban J connectivity index is 1.73. The molecule has 0 aliphatic rings. The fourth-order valence-electron chi connectivity index (χ4n) is 3.98. The molecule has 0 unspecified atom stereocenters. The number of ether oxygens (including phenoxy) is 1. The van der Waals surface area contributed by atoms with Gasteiger partial charge in [-0.15, -0.1) is 0 Å². The van der Waals surface area contributed by atoms with Crippen molar-refractivity contribution in [1.82, 2.24) is 4.57 Å². The molecule has 0 saturated heterocycles. The van der Waals surface area contributed by atoms with Gasteiger partial charge in [-0.1, -0.05) is 91.0 Å². The number of pyridine rings is 1. The van der Waals surface area contributed by atoms with Crippen LogP contribution >= 0.6 is 0 Å². The lowest BCUT2D eigenvalue weighted by Gasteiger charge is -2.32. The van der Waals surface area contributed by atoms with Gasteiger partial charge in [0.25, 0.3) is 0 Å². The van der Waals surface area contributed by atoms with Gasteiger partial charge in [0.15, 0.2) is 11.2 Å². The van der Waals surface area contributed by atoms with Crippen molar-refractivity contribution in [2.45, 2.75) is 25.0 Å². The number of carbonyl (C=O) groups excluding carboxylic acids is 1. The second-order valence-corrected chi connectivity index (χ2v) is 7.91. The average Bonchev–Trinajstić information content (AvgIpc) is 2.85. The summed E-state index contributed by atoms with van der Waals surface area (Å²) in [4.78, 5) is 12.7. The van der Waals surface area contributed by atoms with E-state index in [1.807, 2.05) is 97.1 Å². The zero-order valence-electron chi connectivity index (χ0n) is 17.9. The molecular formula is C28H26N2O2. The maximum atomic E-state index is 12.7. The number of nitrogens with zero attached hydrogens (tertiary/aromatic N) is 1. The highest BCUT2D eigenvalue weighted by atomic mass is 16.5. The second-order valence-electron chi connectivity index (χ2n) is 7.91. The molecule has 1 N–H and O–H groups in total. The minimum atomic E-state index is -0.952. The van der Waals surface area contributed by atoms with Gasteiger partial charge in [0.1, 0.15) is 18.4 Å². The lowest BCUT2D eigenvalue weighted by molar-refractivity contribution is -0.115. The summed E-state index contributed by atoms with van der Waals surface area (Å²) in [5, 5.41) is 8.88. The molecule has 0 aliphatic carbocycles. The average molecular weight is 423 g/mol. The van der Waals surface area contributed by atoms with Crippen LogP contribution in [0.3, 0.4) is 0 Å². The van der Waals surface area contributed by atoms with Crippen molar-refractivity contribution < 1.29 is 9.53 Å². The molecule has 4 rings (SSSR count). The predicted molar refractivity (Wildman–Crippen MR) is 125 cm³/mol. The minimum Gasteiger partial charge on any atom is -0.485 e. The first-order chi connectivity index (χ1) is 15.7. The number of benzene rings is 3. The quantitative estimate of drug-likeness (QED) is 0.389. The van der Waals surface area contributed by atoms with E-state index in [-0.39, 0.29) is 5.49 Å². The van der Waals surface area contributed by atoms with Gasteiger partial charge in [-0.05, 0) is 28.8 Å².